The van der Waals surface area contributed by atoms with Crippen molar-refractivity contribution < 1.29 is 22.0 Å². The van der Waals surface area contributed by atoms with Crippen LogP contribution in [-0.2, 0) is 0 Å². The zero-order chi connectivity index (χ0) is 24.6. The highest BCUT2D eigenvalue weighted by Crippen LogP contribution is 2.34. The summed E-state index contributed by atoms with van der Waals surface area (Å²) >= 11 is 0. The number of fused-ring (bicyclic) bond motifs is 3. The molecule has 0 aliphatic carbocycles. The monoisotopic (exact) mass is 473 g/mol. The van der Waals surface area contributed by atoms with Gasteiger partial charge in [0.1, 0.15) is 17.5 Å². The van der Waals surface area contributed by atoms with E-state index in [0.717, 1.165) is 0 Å². The first-order chi connectivity index (χ1) is 16.1. The Morgan fingerprint density at radius 1 is 1.09 bits per heavy atom. The van der Waals surface area contributed by atoms with Crippen LogP contribution in [0.3, 0.4) is 0 Å². The van der Waals surface area contributed by atoms with E-state index in [0.29, 0.717) is 22.5 Å². The van der Waals surface area contributed by atoms with Gasteiger partial charge in [0.05, 0.1) is 22.9 Å². The summed E-state index contributed by atoms with van der Waals surface area (Å²) in [5, 5.41) is 10.3. The number of halogens is 5. The van der Waals surface area contributed by atoms with Gasteiger partial charge in [0.15, 0.2) is 0 Å². The summed E-state index contributed by atoms with van der Waals surface area (Å²) in [4.78, 5) is 4.19. The van der Waals surface area contributed by atoms with Crippen LogP contribution in [0.2, 0.25) is 0 Å². The third-order valence-corrected chi connectivity index (χ3v) is 5.29. The zero-order valence-electron chi connectivity index (χ0n) is 18.5. The molecule has 0 saturated heterocycles. The van der Waals surface area contributed by atoms with Crippen molar-refractivity contribution >= 4 is 22.5 Å². The molecule has 4 aromatic rings. The molecule has 0 spiro atoms. The SMILES string of the molecule is Cc1nnc2nc(NCC(F)F)c3c(F)c(-c4cccc(C#CC(C)(C)C(F)F)c4)ccc3n12. The average Bonchev–Trinajstić information content (AvgIpc) is 3.17. The molecule has 2 aromatic carbocycles. The Morgan fingerprint density at radius 3 is 2.56 bits per heavy atom. The number of aryl methyl sites for hydroxylation is 1. The third kappa shape index (κ3) is 4.38. The molecule has 10 heteroatoms. The Bertz CT molecular complexity index is 1430. The largest absolute Gasteiger partial charge is 0.364 e. The van der Waals surface area contributed by atoms with Crippen LogP contribution >= 0.6 is 0 Å². The second-order valence-corrected chi connectivity index (χ2v) is 8.29. The summed E-state index contributed by atoms with van der Waals surface area (Å²) in [7, 11) is 0. The van der Waals surface area contributed by atoms with Gasteiger partial charge in [-0.3, -0.25) is 4.40 Å². The van der Waals surface area contributed by atoms with Gasteiger partial charge in [-0.2, -0.15) is 4.98 Å². The zero-order valence-corrected chi connectivity index (χ0v) is 18.5. The van der Waals surface area contributed by atoms with Gasteiger partial charge in [-0.15, -0.1) is 10.2 Å². The molecule has 2 aromatic heterocycles. The van der Waals surface area contributed by atoms with Gasteiger partial charge in [0, 0.05) is 11.1 Å². The molecule has 0 bridgehead atoms. The molecule has 34 heavy (non-hydrogen) atoms. The minimum Gasteiger partial charge on any atom is -0.364 e. The van der Waals surface area contributed by atoms with Crippen molar-refractivity contribution in [3.8, 4) is 23.0 Å². The predicted octanol–water partition coefficient (Wildman–Crippen LogP) is 5.71. The lowest BCUT2D eigenvalue weighted by molar-refractivity contribution is 0.0570. The summed E-state index contributed by atoms with van der Waals surface area (Å²) in [6.45, 7) is 3.63. The number of alkyl halides is 4. The first kappa shape index (κ1) is 23.4. The second kappa shape index (κ2) is 8.89. The fourth-order valence-corrected chi connectivity index (χ4v) is 3.42. The van der Waals surface area contributed by atoms with E-state index in [1.165, 1.54) is 18.2 Å². The van der Waals surface area contributed by atoms with Crippen molar-refractivity contribution in [3.63, 3.8) is 0 Å². The summed E-state index contributed by atoms with van der Waals surface area (Å²) in [5.74, 6) is 5.12. The fraction of sp³-hybridized carbons (Fsp3) is 0.292. The second-order valence-electron chi connectivity index (χ2n) is 8.29. The van der Waals surface area contributed by atoms with Crippen LogP contribution in [0, 0.1) is 30.0 Å². The lowest BCUT2D eigenvalue weighted by atomic mass is 9.94. The number of hydrogen-bond donors (Lipinski definition) is 1. The molecule has 0 atom stereocenters. The number of hydrogen-bond acceptors (Lipinski definition) is 4. The fourth-order valence-electron chi connectivity index (χ4n) is 3.42. The van der Waals surface area contributed by atoms with Crippen molar-refractivity contribution in [1.29, 1.82) is 0 Å². The summed E-state index contributed by atoms with van der Waals surface area (Å²) < 4.78 is 69.3. The highest BCUT2D eigenvalue weighted by molar-refractivity contribution is 5.95. The Morgan fingerprint density at radius 2 is 1.85 bits per heavy atom. The summed E-state index contributed by atoms with van der Waals surface area (Å²) in [5.41, 5.74) is -0.0775. The van der Waals surface area contributed by atoms with E-state index >= 15 is 4.39 Å². The minimum absolute atomic E-state index is 0.00358. The van der Waals surface area contributed by atoms with E-state index in [1.54, 1.807) is 43.3 Å². The van der Waals surface area contributed by atoms with Crippen LogP contribution in [0.25, 0.3) is 27.8 Å². The lowest BCUT2D eigenvalue weighted by Crippen LogP contribution is -2.19. The Labute approximate surface area is 192 Å². The van der Waals surface area contributed by atoms with Gasteiger partial charge >= 0.3 is 0 Å². The quantitative estimate of drug-likeness (QED) is 0.298. The Balaban J connectivity index is 1.87. The van der Waals surface area contributed by atoms with E-state index < -0.39 is 30.6 Å². The van der Waals surface area contributed by atoms with Gasteiger partial charge in [-0.1, -0.05) is 24.0 Å². The standard InChI is InChI=1S/C24H20F5N5/c1-13-32-33-23-31-21(30-12-18(25)26)19-17(34(13)23)8-7-16(20(19)27)15-6-4-5-14(11-15)9-10-24(2,3)22(28)29/h4-8,11,18,22H,12H2,1-3H3,(H,30,31,33). The smallest absolute Gasteiger partial charge is 0.257 e. The van der Waals surface area contributed by atoms with Crippen LogP contribution in [0.5, 0.6) is 0 Å². The topological polar surface area (TPSA) is 55.1 Å². The van der Waals surface area contributed by atoms with Crippen LogP contribution in [0.4, 0.5) is 27.8 Å². The van der Waals surface area contributed by atoms with Crippen LogP contribution in [0.15, 0.2) is 36.4 Å². The van der Waals surface area contributed by atoms with Gasteiger partial charge < -0.3 is 5.32 Å². The molecule has 5 nitrogen and oxygen atoms in total. The average molecular weight is 473 g/mol. The summed E-state index contributed by atoms with van der Waals surface area (Å²) in [6, 6.07) is 9.68. The Kier molecular flexibility index (Phi) is 6.13. The molecule has 0 fully saturated rings. The number of aromatic nitrogens is 4. The van der Waals surface area contributed by atoms with Gasteiger partial charge in [0.2, 0.25) is 0 Å². The molecule has 2 heterocycles. The summed E-state index contributed by atoms with van der Waals surface area (Å²) in [6.07, 6.45) is -5.29. The van der Waals surface area contributed by atoms with Crippen molar-refractivity contribution in [2.45, 2.75) is 33.6 Å². The number of benzene rings is 2. The third-order valence-electron chi connectivity index (χ3n) is 5.29. The molecule has 0 radical (unpaired) electrons. The van der Waals surface area contributed by atoms with Crippen LogP contribution in [0.1, 0.15) is 25.2 Å². The van der Waals surface area contributed by atoms with Gasteiger partial charge in [-0.25, -0.2) is 22.0 Å². The molecule has 0 unspecified atom stereocenters. The maximum atomic E-state index is 15.9. The van der Waals surface area contributed by atoms with E-state index in [4.69, 9.17) is 0 Å². The van der Waals surface area contributed by atoms with Crippen molar-refractivity contribution in [2.24, 2.45) is 5.41 Å². The molecule has 0 saturated carbocycles. The van der Waals surface area contributed by atoms with Crippen molar-refractivity contribution in [1.82, 2.24) is 19.6 Å². The number of rotatable bonds is 5. The van der Waals surface area contributed by atoms with Gasteiger partial charge in [-0.05, 0) is 50.6 Å². The van der Waals surface area contributed by atoms with Crippen molar-refractivity contribution in [2.75, 3.05) is 11.9 Å². The maximum absolute atomic E-state index is 15.9. The number of nitrogens with zero attached hydrogens (tertiary/aromatic N) is 4. The number of nitrogens with one attached hydrogen (secondary N) is 1. The first-order valence-corrected chi connectivity index (χ1v) is 10.4. The molecular formula is C24H20F5N5. The van der Waals surface area contributed by atoms with E-state index in [1.807, 2.05) is 0 Å². The molecule has 1 N–H and O–H groups in total. The molecule has 0 amide bonds. The first-order valence-electron chi connectivity index (χ1n) is 10.4. The van der Waals surface area contributed by atoms with Crippen LogP contribution < -0.4 is 5.32 Å². The number of anilines is 1. The highest BCUT2D eigenvalue weighted by Gasteiger charge is 2.27. The molecular weight excluding hydrogens is 453 g/mol. The molecule has 176 valence electrons. The molecule has 0 aliphatic heterocycles. The van der Waals surface area contributed by atoms with Crippen molar-refractivity contribution in [3.05, 3.63) is 53.6 Å². The van der Waals surface area contributed by atoms with Crippen LogP contribution in [-0.4, -0.2) is 39.0 Å². The van der Waals surface area contributed by atoms with E-state index in [-0.39, 0.29) is 22.5 Å². The molecule has 4 rings (SSSR count). The normalized spacial score (nSPS) is 11.9. The van der Waals surface area contributed by atoms with E-state index in [9.17, 15) is 17.6 Å². The Hall–Kier alpha value is -3.74. The lowest BCUT2D eigenvalue weighted by Gasteiger charge is -2.15. The van der Waals surface area contributed by atoms with Gasteiger partial charge in [0.25, 0.3) is 18.6 Å². The highest BCUT2D eigenvalue weighted by atomic mass is 19.3. The minimum atomic E-state index is -2.67. The van der Waals surface area contributed by atoms with E-state index in [2.05, 4.69) is 32.3 Å². The predicted molar refractivity (Wildman–Crippen MR) is 120 cm³/mol. The molecule has 0 aliphatic rings. The maximum Gasteiger partial charge on any atom is 0.257 e.